The smallest absolute Gasteiger partial charge is 0.290 e. The van der Waals surface area contributed by atoms with Crippen LogP contribution in [-0.4, -0.2) is 45.5 Å². The summed E-state index contributed by atoms with van der Waals surface area (Å²) in [7, 11) is 0. The molecule has 172 valence electrons. The van der Waals surface area contributed by atoms with Crippen molar-refractivity contribution in [3.8, 4) is 5.75 Å². The second-order valence-corrected chi connectivity index (χ2v) is 8.84. The lowest BCUT2D eigenvalue weighted by Gasteiger charge is -2.36. The van der Waals surface area contributed by atoms with Crippen LogP contribution in [0.15, 0.2) is 42.5 Å². The van der Waals surface area contributed by atoms with Crippen LogP contribution in [0, 0.1) is 0 Å². The molecule has 1 fully saturated rings. The Bertz CT molecular complexity index is 1160. The first-order valence-corrected chi connectivity index (χ1v) is 11.9. The lowest BCUT2D eigenvalue weighted by atomic mass is 9.94. The molecule has 3 aromatic rings. The second-order valence-electron chi connectivity index (χ2n) is 8.84. The average molecular weight is 447 g/mol. The highest BCUT2D eigenvalue weighted by Gasteiger charge is 2.33. The van der Waals surface area contributed by atoms with E-state index < -0.39 is 0 Å². The van der Waals surface area contributed by atoms with Gasteiger partial charge in [-0.3, -0.25) is 9.59 Å². The van der Waals surface area contributed by atoms with Gasteiger partial charge in [-0.25, -0.2) is 4.98 Å². The predicted molar refractivity (Wildman–Crippen MR) is 126 cm³/mol. The van der Waals surface area contributed by atoms with Gasteiger partial charge in [0.25, 0.3) is 11.8 Å². The summed E-state index contributed by atoms with van der Waals surface area (Å²) in [5.74, 6) is 1.17. The molecular weight excluding hydrogens is 416 g/mol. The van der Waals surface area contributed by atoms with Crippen LogP contribution < -0.4 is 10.1 Å². The number of nitrogens with one attached hydrogen (secondary N) is 1. The molecule has 0 bridgehead atoms. The zero-order valence-electron chi connectivity index (χ0n) is 19.0. The third kappa shape index (κ3) is 4.32. The Labute approximate surface area is 193 Å². The number of rotatable bonds is 6. The molecule has 2 aliphatic rings. The van der Waals surface area contributed by atoms with E-state index in [4.69, 9.17) is 4.74 Å². The maximum Gasteiger partial charge on any atom is 0.290 e. The summed E-state index contributed by atoms with van der Waals surface area (Å²) in [6.45, 7) is 4.48. The molecule has 1 aliphatic heterocycles. The molecule has 1 saturated carbocycles. The van der Waals surface area contributed by atoms with Crippen LogP contribution in [0.4, 0.5) is 0 Å². The molecule has 1 aliphatic carbocycles. The van der Waals surface area contributed by atoms with Gasteiger partial charge < -0.3 is 19.5 Å². The minimum Gasteiger partial charge on any atom is -0.494 e. The van der Waals surface area contributed by atoms with Crippen molar-refractivity contribution in [2.45, 2.75) is 58.2 Å². The number of hydrogen-bond acceptors (Lipinski definition) is 4. The zero-order chi connectivity index (χ0) is 22.8. The Morgan fingerprint density at radius 1 is 1.09 bits per heavy atom. The van der Waals surface area contributed by atoms with Gasteiger partial charge in [0.1, 0.15) is 5.75 Å². The van der Waals surface area contributed by atoms with Gasteiger partial charge in [-0.2, -0.15) is 0 Å². The first kappa shape index (κ1) is 21.5. The van der Waals surface area contributed by atoms with E-state index in [2.05, 4.69) is 10.3 Å². The van der Waals surface area contributed by atoms with Crippen LogP contribution in [-0.2, 0) is 13.1 Å². The molecular formula is C26H30N4O3. The van der Waals surface area contributed by atoms with E-state index in [0.717, 1.165) is 42.8 Å². The minimum absolute atomic E-state index is 0.0193. The number of nitrogens with zero attached hydrogens (tertiary/aromatic N) is 3. The second kappa shape index (κ2) is 9.25. The van der Waals surface area contributed by atoms with Gasteiger partial charge in [-0.05, 0) is 55.7 Å². The molecule has 5 rings (SSSR count). The standard InChI is InChI=1S/C26H30N4O3/c1-2-33-21-11-8-18(9-12-21)17-27-25(31)19-10-13-23-22(16-19)28-24-26(32)29(14-15-30(23)24)20-6-4-3-5-7-20/h8-13,16,20H,2-7,14-15,17H2,1H3,(H,27,31). The Morgan fingerprint density at radius 2 is 1.88 bits per heavy atom. The van der Waals surface area contributed by atoms with Gasteiger partial charge in [0, 0.05) is 31.2 Å². The molecule has 2 heterocycles. The summed E-state index contributed by atoms with van der Waals surface area (Å²) in [6.07, 6.45) is 5.83. The number of carbonyl (C=O) groups is 2. The summed E-state index contributed by atoms with van der Waals surface area (Å²) in [4.78, 5) is 32.6. The lowest BCUT2D eigenvalue weighted by Crippen LogP contribution is -2.47. The number of hydrogen-bond donors (Lipinski definition) is 1. The SMILES string of the molecule is CCOc1ccc(CNC(=O)c2ccc3c(c2)nc2n3CCN(C3CCCCC3)C2=O)cc1. The molecule has 2 amide bonds. The largest absolute Gasteiger partial charge is 0.494 e. The Kier molecular flexibility index (Phi) is 6.03. The molecule has 0 spiro atoms. The molecule has 0 radical (unpaired) electrons. The van der Waals surface area contributed by atoms with Gasteiger partial charge in [0.05, 0.1) is 17.6 Å². The van der Waals surface area contributed by atoms with Crippen molar-refractivity contribution in [2.75, 3.05) is 13.2 Å². The zero-order valence-corrected chi connectivity index (χ0v) is 19.0. The van der Waals surface area contributed by atoms with Crippen molar-refractivity contribution in [3.05, 3.63) is 59.4 Å². The third-order valence-electron chi connectivity index (χ3n) is 6.73. The fourth-order valence-electron chi connectivity index (χ4n) is 4.99. The molecule has 7 nitrogen and oxygen atoms in total. The van der Waals surface area contributed by atoms with E-state index in [1.165, 1.54) is 19.3 Å². The van der Waals surface area contributed by atoms with Gasteiger partial charge >= 0.3 is 0 Å². The van der Waals surface area contributed by atoms with E-state index >= 15 is 0 Å². The van der Waals surface area contributed by atoms with E-state index in [9.17, 15) is 9.59 Å². The third-order valence-corrected chi connectivity index (χ3v) is 6.73. The van der Waals surface area contributed by atoms with Crippen molar-refractivity contribution in [1.29, 1.82) is 0 Å². The Balaban J connectivity index is 1.30. The number of amides is 2. The Morgan fingerprint density at radius 3 is 2.64 bits per heavy atom. The van der Waals surface area contributed by atoms with Crippen molar-refractivity contribution < 1.29 is 14.3 Å². The molecule has 7 heteroatoms. The maximum atomic E-state index is 13.2. The van der Waals surface area contributed by atoms with Crippen LogP contribution in [0.5, 0.6) is 5.75 Å². The maximum absolute atomic E-state index is 13.2. The number of fused-ring (bicyclic) bond motifs is 3. The molecule has 0 unspecified atom stereocenters. The highest BCUT2D eigenvalue weighted by atomic mass is 16.5. The van der Waals surface area contributed by atoms with Crippen molar-refractivity contribution >= 4 is 22.8 Å². The first-order chi connectivity index (χ1) is 16.1. The highest BCUT2D eigenvalue weighted by Crippen LogP contribution is 2.28. The number of benzene rings is 2. The van der Waals surface area contributed by atoms with Gasteiger partial charge in [-0.15, -0.1) is 0 Å². The van der Waals surface area contributed by atoms with Gasteiger partial charge in [0.15, 0.2) is 5.82 Å². The molecule has 2 aromatic carbocycles. The fraction of sp³-hybridized carbons (Fsp3) is 0.423. The number of imidazole rings is 1. The fourth-order valence-corrected chi connectivity index (χ4v) is 4.99. The van der Waals surface area contributed by atoms with E-state index in [1.807, 2.05) is 52.8 Å². The van der Waals surface area contributed by atoms with Crippen molar-refractivity contribution in [3.63, 3.8) is 0 Å². The summed E-state index contributed by atoms with van der Waals surface area (Å²) in [5, 5.41) is 2.96. The van der Waals surface area contributed by atoms with Crippen LogP contribution in [0.2, 0.25) is 0 Å². The topological polar surface area (TPSA) is 76.5 Å². The average Bonchev–Trinajstić information content (AvgIpc) is 3.23. The predicted octanol–water partition coefficient (Wildman–Crippen LogP) is 4.15. The molecule has 0 saturated heterocycles. The quantitative estimate of drug-likeness (QED) is 0.617. The molecule has 0 atom stereocenters. The van der Waals surface area contributed by atoms with Crippen molar-refractivity contribution in [1.82, 2.24) is 19.8 Å². The van der Waals surface area contributed by atoms with E-state index in [-0.39, 0.29) is 11.8 Å². The first-order valence-electron chi connectivity index (χ1n) is 11.9. The van der Waals surface area contributed by atoms with Crippen LogP contribution in [0.3, 0.4) is 0 Å². The summed E-state index contributed by atoms with van der Waals surface area (Å²) >= 11 is 0. The monoisotopic (exact) mass is 446 g/mol. The number of ether oxygens (including phenoxy) is 1. The summed E-state index contributed by atoms with van der Waals surface area (Å²) in [5.41, 5.74) is 3.14. The molecule has 33 heavy (non-hydrogen) atoms. The Hall–Kier alpha value is -3.35. The summed E-state index contributed by atoms with van der Waals surface area (Å²) < 4.78 is 7.46. The lowest BCUT2D eigenvalue weighted by molar-refractivity contribution is 0.0566. The molecule has 1 aromatic heterocycles. The molecule has 1 N–H and O–H groups in total. The van der Waals surface area contributed by atoms with Crippen LogP contribution in [0.25, 0.3) is 11.0 Å². The minimum atomic E-state index is -0.160. The van der Waals surface area contributed by atoms with E-state index in [1.54, 1.807) is 6.07 Å². The van der Waals surface area contributed by atoms with Gasteiger partial charge in [-0.1, -0.05) is 31.4 Å². The van der Waals surface area contributed by atoms with Crippen LogP contribution in [0.1, 0.15) is 65.6 Å². The van der Waals surface area contributed by atoms with Crippen molar-refractivity contribution in [2.24, 2.45) is 0 Å². The number of aromatic nitrogens is 2. The van der Waals surface area contributed by atoms with E-state index in [0.29, 0.717) is 36.1 Å². The highest BCUT2D eigenvalue weighted by molar-refractivity contribution is 6.00. The normalized spacial score (nSPS) is 16.6. The summed E-state index contributed by atoms with van der Waals surface area (Å²) in [6, 6.07) is 13.5. The van der Waals surface area contributed by atoms with Gasteiger partial charge in [0.2, 0.25) is 0 Å². The number of carbonyl (C=O) groups excluding carboxylic acids is 2. The van der Waals surface area contributed by atoms with Crippen LogP contribution >= 0.6 is 0 Å².